The van der Waals surface area contributed by atoms with Gasteiger partial charge in [0.05, 0.1) is 0 Å². The van der Waals surface area contributed by atoms with Crippen LogP contribution in [-0.4, -0.2) is 28.9 Å². The first-order chi connectivity index (χ1) is 7.59. The third-order valence-electron chi connectivity index (χ3n) is 3.19. The molecule has 0 aliphatic carbocycles. The van der Waals surface area contributed by atoms with Gasteiger partial charge >= 0.3 is 0 Å². The van der Waals surface area contributed by atoms with Crippen LogP contribution in [0.2, 0.25) is 0 Å². The van der Waals surface area contributed by atoms with Crippen molar-refractivity contribution in [1.29, 1.82) is 5.41 Å². The molecule has 1 saturated heterocycles. The highest BCUT2D eigenvalue weighted by Crippen LogP contribution is 2.24. The Bertz CT molecular complexity index is 397. The molecule has 1 aliphatic heterocycles. The molecule has 0 bridgehead atoms. The molecule has 0 spiro atoms. The first-order valence-corrected chi connectivity index (χ1v) is 5.73. The maximum Gasteiger partial charge on any atom is 0.128 e. The number of aromatic hydroxyl groups is 1. The number of nitrogens with zero attached hydrogens (tertiary/aromatic N) is 1. The first kappa shape index (κ1) is 11.0. The number of amidine groups is 1. The van der Waals surface area contributed by atoms with Gasteiger partial charge in [-0.05, 0) is 49.9 Å². The second kappa shape index (κ2) is 4.16. The number of benzene rings is 1. The van der Waals surface area contributed by atoms with E-state index in [1.165, 1.54) is 12.8 Å². The van der Waals surface area contributed by atoms with E-state index < -0.39 is 0 Å². The van der Waals surface area contributed by atoms with Crippen LogP contribution in [0.1, 0.15) is 29.5 Å². The number of nitrogens with one attached hydrogen (secondary N) is 1. The molecule has 0 radical (unpaired) electrons. The molecule has 3 nitrogen and oxygen atoms in total. The van der Waals surface area contributed by atoms with Crippen LogP contribution in [0.3, 0.4) is 0 Å². The fraction of sp³-hybridized carbons (Fsp3) is 0.462. The molecule has 0 saturated carbocycles. The molecule has 1 aromatic rings. The quantitative estimate of drug-likeness (QED) is 0.562. The zero-order valence-corrected chi connectivity index (χ0v) is 9.88. The highest BCUT2D eigenvalue weighted by molar-refractivity contribution is 5.97. The van der Waals surface area contributed by atoms with Gasteiger partial charge in [0.15, 0.2) is 0 Å². The van der Waals surface area contributed by atoms with Crippen LogP contribution in [0.5, 0.6) is 5.75 Å². The smallest absolute Gasteiger partial charge is 0.128 e. The number of hydrogen-bond donors (Lipinski definition) is 2. The van der Waals surface area contributed by atoms with Crippen molar-refractivity contribution in [3.8, 4) is 5.75 Å². The van der Waals surface area contributed by atoms with E-state index in [1.54, 1.807) is 0 Å². The zero-order valence-electron chi connectivity index (χ0n) is 9.88. The van der Waals surface area contributed by atoms with Gasteiger partial charge in [0, 0.05) is 18.7 Å². The molecule has 2 rings (SSSR count). The van der Waals surface area contributed by atoms with Crippen LogP contribution in [-0.2, 0) is 0 Å². The normalized spacial score (nSPS) is 15.5. The largest absolute Gasteiger partial charge is 0.507 e. The van der Waals surface area contributed by atoms with Gasteiger partial charge in [-0.3, -0.25) is 5.41 Å². The maximum absolute atomic E-state index is 9.69. The van der Waals surface area contributed by atoms with Crippen LogP contribution < -0.4 is 0 Å². The summed E-state index contributed by atoms with van der Waals surface area (Å²) in [5.41, 5.74) is 2.60. The zero-order chi connectivity index (χ0) is 11.7. The van der Waals surface area contributed by atoms with Gasteiger partial charge in [0.1, 0.15) is 11.6 Å². The lowest BCUT2D eigenvalue weighted by molar-refractivity contribution is 0.466. The summed E-state index contributed by atoms with van der Waals surface area (Å²) in [6.07, 6.45) is 2.36. The minimum absolute atomic E-state index is 0.345. The highest BCUT2D eigenvalue weighted by atomic mass is 16.3. The van der Waals surface area contributed by atoms with E-state index in [0.717, 1.165) is 29.8 Å². The number of phenols is 1. The summed E-state index contributed by atoms with van der Waals surface area (Å²) in [6.45, 7) is 5.72. The molecule has 16 heavy (non-hydrogen) atoms. The standard InChI is InChI=1S/C13H18N2O/c1-9-7-11(8-10(2)12(9)16)13(14)15-5-3-4-6-15/h7-8,14,16H,3-6H2,1-2H3. The topological polar surface area (TPSA) is 47.3 Å². The van der Waals surface area contributed by atoms with Crippen molar-refractivity contribution in [1.82, 2.24) is 4.90 Å². The van der Waals surface area contributed by atoms with E-state index in [0.29, 0.717) is 11.6 Å². The van der Waals surface area contributed by atoms with E-state index in [2.05, 4.69) is 4.90 Å². The molecule has 0 aromatic heterocycles. The fourth-order valence-electron chi connectivity index (χ4n) is 2.22. The predicted octanol–water partition coefficient (Wildman–Crippen LogP) is 2.43. The van der Waals surface area contributed by atoms with E-state index in [-0.39, 0.29) is 0 Å². The summed E-state index contributed by atoms with van der Waals surface area (Å²) in [7, 11) is 0. The molecular formula is C13H18N2O. The Hall–Kier alpha value is -1.51. The van der Waals surface area contributed by atoms with E-state index in [1.807, 2.05) is 26.0 Å². The maximum atomic E-state index is 9.69. The van der Waals surface area contributed by atoms with Crippen molar-refractivity contribution < 1.29 is 5.11 Å². The Labute approximate surface area is 96.2 Å². The number of aryl methyl sites for hydroxylation is 2. The Morgan fingerprint density at radius 2 is 1.69 bits per heavy atom. The van der Waals surface area contributed by atoms with Gasteiger partial charge in [0.25, 0.3) is 0 Å². The second-order valence-electron chi connectivity index (χ2n) is 4.50. The van der Waals surface area contributed by atoms with Crippen LogP contribution in [0.25, 0.3) is 0 Å². The molecule has 3 heteroatoms. The van der Waals surface area contributed by atoms with Gasteiger partial charge in [-0.2, -0.15) is 0 Å². The van der Waals surface area contributed by atoms with Gasteiger partial charge < -0.3 is 10.0 Å². The lowest BCUT2D eigenvalue weighted by Crippen LogP contribution is -2.27. The van der Waals surface area contributed by atoms with Crippen LogP contribution in [0, 0.1) is 19.3 Å². The van der Waals surface area contributed by atoms with Crippen molar-refractivity contribution in [2.45, 2.75) is 26.7 Å². The van der Waals surface area contributed by atoms with Crippen LogP contribution in [0.15, 0.2) is 12.1 Å². The van der Waals surface area contributed by atoms with Crippen molar-refractivity contribution >= 4 is 5.84 Å². The van der Waals surface area contributed by atoms with Crippen LogP contribution in [0.4, 0.5) is 0 Å². The fourth-order valence-corrected chi connectivity index (χ4v) is 2.22. The molecule has 1 aliphatic rings. The number of rotatable bonds is 1. The summed E-state index contributed by atoms with van der Waals surface area (Å²) in [5, 5.41) is 17.8. The van der Waals surface area contributed by atoms with Crippen molar-refractivity contribution in [3.05, 3.63) is 28.8 Å². The average molecular weight is 218 g/mol. The summed E-state index contributed by atoms with van der Waals surface area (Å²) < 4.78 is 0. The van der Waals surface area contributed by atoms with Gasteiger partial charge in [-0.25, -0.2) is 0 Å². The van der Waals surface area contributed by atoms with Crippen molar-refractivity contribution in [2.24, 2.45) is 0 Å². The van der Waals surface area contributed by atoms with E-state index in [9.17, 15) is 5.11 Å². The Morgan fingerprint density at radius 3 is 2.19 bits per heavy atom. The lowest BCUT2D eigenvalue weighted by Gasteiger charge is -2.19. The minimum atomic E-state index is 0.345. The van der Waals surface area contributed by atoms with Gasteiger partial charge in [0.2, 0.25) is 0 Å². The molecule has 1 aromatic carbocycles. The SMILES string of the molecule is Cc1cc(C(=N)N2CCCC2)cc(C)c1O. The molecule has 86 valence electrons. The molecule has 0 unspecified atom stereocenters. The third-order valence-corrected chi connectivity index (χ3v) is 3.19. The third kappa shape index (κ3) is 1.90. The number of hydrogen-bond acceptors (Lipinski definition) is 2. The second-order valence-corrected chi connectivity index (χ2v) is 4.50. The molecule has 0 amide bonds. The summed E-state index contributed by atoms with van der Waals surface area (Å²) in [4.78, 5) is 2.10. The number of phenolic OH excluding ortho intramolecular Hbond substituents is 1. The van der Waals surface area contributed by atoms with E-state index in [4.69, 9.17) is 5.41 Å². The lowest BCUT2D eigenvalue weighted by atomic mass is 10.0. The predicted molar refractivity (Wildman–Crippen MR) is 65.2 cm³/mol. The summed E-state index contributed by atoms with van der Waals surface area (Å²) in [5.74, 6) is 0.932. The van der Waals surface area contributed by atoms with Crippen molar-refractivity contribution in [3.63, 3.8) is 0 Å². The number of likely N-dealkylation sites (tertiary alicyclic amines) is 1. The Balaban J connectivity index is 2.29. The molecular weight excluding hydrogens is 200 g/mol. The molecule has 1 heterocycles. The Morgan fingerprint density at radius 1 is 1.19 bits per heavy atom. The Kier molecular flexibility index (Phi) is 2.86. The monoisotopic (exact) mass is 218 g/mol. The molecule has 1 fully saturated rings. The highest BCUT2D eigenvalue weighted by Gasteiger charge is 2.17. The average Bonchev–Trinajstić information content (AvgIpc) is 2.77. The van der Waals surface area contributed by atoms with Gasteiger partial charge in [-0.1, -0.05) is 0 Å². The van der Waals surface area contributed by atoms with E-state index >= 15 is 0 Å². The molecule has 0 atom stereocenters. The minimum Gasteiger partial charge on any atom is -0.507 e. The first-order valence-electron chi connectivity index (χ1n) is 5.73. The van der Waals surface area contributed by atoms with Crippen LogP contribution >= 0.6 is 0 Å². The summed E-state index contributed by atoms with van der Waals surface area (Å²) in [6, 6.07) is 3.78. The van der Waals surface area contributed by atoms with Gasteiger partial charge in [-0.15, -0.1) is 0 Å². The van der Waals surface area contributed by atoms with Crippen molar-refractivity contribution in [2.75, 3.05) is 13.1 Å². The summed E-state index contributed by atoms with van der Waals surface area (Å²) >= 11 is 0. The molecule has 2 N–H and O–H groups in total.